The molecular weight excluding hydrogens is 340 g/mol. The van der Waals surface area contributed by atoms with Gasteiger partial charge in [-0.25, -0.2) is 9.97 Å². The van der Waals surface area contributed by atoms with Crippen LogP contribution in [0.5, 0.6) is 0 Å². The first kappa shape index (κ1) is 15.3. The van der Waals surface area contributed by atoms with E-state index < -0.39 is 0 Å². The summed E-state index contributed by atoms with van der Waals surface area (Å²) in [7, 11) is 1.78. The molecule has 1 N–H and O–H groups in total. The molecule has 4 aromatic rings. The normalized spacial score (nSPS) is 11.0. The molecule has 0 aliphatic heterocycles. The number of benzene rings is 1. The summed E-state index contributed by atoms with van der Waals surface area (Å²) in [5.74, 6) is 0.309. The summed E-state index contributed by atoms with van der Waals surface area (Å²) < 4.78 is 3.31. The highest BCUT2D eigenvalue weighted by Crippen LogP contribution is 2.22. The average Bonchev–Trinajstić information content (AvgIpc) is 3.19. The zero-order valence-electron chi connectivity index (χ0n) is 13.2. The third kappa shape index (κ3) is 2.85. The minimum absolute atomic E-state index is 0.224. The summed E-state index contributed by atoms with van der Waals surface area (Å²) in [5.41, 5.74) is 1.97. The van der Waals surface area contributed by atoms with E-state index in [-0.39, 0.29) is 11.7 Å². The Morgan fingerprint density at radius 3 is 2.68 bits per heavy atom. The van der Waals surface area contributed by atoms with Crippen molar-refractivity contribution in [1.29, 1.82) is 0 Å². The number of carbonyl (C=O) groups excluding carboxylic acids is 1. The monoisotopic (exact) mass is 352 g/mol. The molecule has 0 saturated carbocycles. The summed E-state index contributed by atoms with van der Waals surface area (Å²) in [4.78, 5) is 21.6. The number of aryl methyl sites for hydroxylation is 1. The predicted octanol–water partition coefficient (Wildman–Crippen LogP) is 3.06. The van der Waals surface area contributed by atoms with Gasteiger partial charge in [-0.15, -0.1) is 0 Å². The molecule has 25 heavy (non-hydrogen) atoms. The highest BCUT2D eigenvalue weighted by Gasteiger charge is 2.20. The molecule has 0 spiro atoms. The van der Waals surface area contributed by atoms with Crippen LogP contribution in [0.2, 0.25) is 5.02 Å². The highest BCUT2D eigenvalue weighted by atomic mass is 35.5. The lowest BCUT2D eigenvalue weighted by molar-refractivity contribution is 0.101. The number of fused-ring (bicyclic) bond motifs is 1. The number of halogens is 1. The number of carbonyl (C=O) groups is 1. The number of anilines is 1. The second kappa shape index (κ2) is 6.03. The molecule has 1 aromatic carbocycles. The third-order valence-electron chi connectivity index (χ3n) is 3.66. The van der Waals surface area contributed by atoms with E-state index >= 15 is 0 Å². The van der Waals surface area contributed by atoms with Gasteiger partial charge in [0.2, 0.25) is 5.82 Å². The molecule has 0 fully saturated rings. The Kier molecular flexibility index (Phi) is 3.70. The maximum Gasteiger partial charge on any atom is 0.293 e. The van der Waals surface area contributed by atoms with Crippen LogP contribution in [-0.2, 0) is 7.05 Å². The molecule has 0 saturated heterocycles. The second-order valence-corrected chi connectivity index (χ2v) is 5.86. The Hall–Kier alpha value is -3.19. The highest BCUT2D eigenvalue weighted by molar-refractivity contribution is 6.30. The fraction of sp³-hybridized carbons (Fsp3) is 0.0588. The average molecular weight is 353 g/mol. The first-order chi connectivity index (χ1) is 12.1. The molecule has 0 unspecified atom stereocenters. The van der Waals surface area contributed by atoms with Crippen molar-refractivity contribution in [2.75, 3.05) is 5.32 Å². The Balaban J connectivity index is 1.83. The van der Waals surface area contributed by atoms with Crippen molar-refractivity contribution in [3.05, 3.63) is 65.7 Å². The van der Waals surface area contributed by atoms with Gasteiger partial charge in [0.1, 0.15) is 5.52 Å². The van der Waals surface area contributed by atoms with Gasteiger partial charge in [-0.3, -0.25) is 14.0 Å². The summed E-state index contributed by atoms with van der Waals surface area (Å²) in [6.07, 6.45) is 3.41. The number of rotatable bonds is 3. The molecule has 124 valence electrons. The number of amides is 1. The van der Waals surface area contributed by atoms with Gasteiger partial charge in [-0.2, -0.15) is 5.10 Å². The molecule has 4 rings (SSSR count). The van der Waals surface area contributed by atoms with Gasteiger partial charge in [0, 0.05) is 36.2 Å². The van der Waals surface area contributed by atoms with Gasteiger partial charge in [0.15, 0.2) is 11.5 Å². The van der Waals surface area contributed by atoms with E-state index in [2.05, 4.69) is 20.4 Å². The molecule has 7 nitrogen and oxygen atoms in total. The van der Waals surface area contributed by atoms with E-state index in [0.29, 0.717) is 22.0 Å². The number of nitrogens with zero attached hydrogens (tertiary/aromatic N) is 5. The topological polar surface area (TPSA) is 77.6 Å². The molecule has 0 atom stereocenters. The van der Waals surface area contributed by atoms with E-state index in [0.717, 1.165) is 5.69 Å². The number of imidazole rings is 1. The number of hydrogen-bond acceptors (Lipinski definition) is 4. The Morgan fingerprint density at radius 2 is 1.96 bits per heavy atom. The summed E-state index contributed by atoms with van der Waals surface area (Å²) >= 11 is 5.97. The molecule has 0 bridgehead atoms. The smallest absolute Gasteiger partial charge is 0.293 e. The molecule has 0 aliphatic rings. The van der Waals surface area contributed by atoms with Crippen LogP contribution in [0.3, 0.4) is 0 Å². The van der Waals surface area contributed by atoms with E-state index in [9.17, 15) is 4.79 Å². The van der Waals surface area contributed by atoms with Gasteiger partial charge in [0.05, 0.1) is 0 Å². The lowest BCUT2D eigenvalue weighted by Crippen LogP contribution is -2.18. The van der Waals surface area contributed by atoms with Crippen LogP contribution in [0.15, 0.2) is 54.9 Å². The SMILES string of the molecule is Cn1ccc(NC(=O)c2nc3cccnc3n2-c2ccc(Cl)cc2)n1. The van der Waals surface area contributed by atoms with Gasteiger partial charge in [-0.1, -0.05) is 11.6 Å². The fourth-order valence-electron chi connectivity index (χ4n) is 2.55. The first-order valence-electron chi connectivity index (χ1n) is 7.52. The number of hydrogen-bond donors (Lipinski definition) is 1. The molecule has 0 radical (unpaired) electrons. The summed E-state index contributed by atoms with van der Waals surface area (Å²) in [5, 5.41) is 7.52. The van der Waals surface area contributed by atoms with Crippen LogP contribution in [0.4, 0.5) is 5.82 Å². The van der Waals surface area contributed by atoms with Crippen molar-refractivity contribution < 1.29 is 4.79 Å². The number of pyridine rings is 1. The van der Waals surface area contributed by atoms with Gasteiger partial charge in [-0.05, 0) is 36.4 Å². The van der Waals surface area contributed by atoms with Crippen LogP contribution < -0.4 is 5.32 Å². The maximum absolute atomic E-state index is 12.8. The van der Waals surface area contributed by atoms with E-state index in [4.69, 9.17) is 11.6 Å². The summed E-state index contributed by atoms with van der Waals surface area (Å²) in [6.45, 7) is 0. The van der Waals surface area contributed by atoms with Crippen LogP contribution in [-0.4, -0.2) is 30.2 Å². The van der Waals surface area contributed by atoms with E-state index in [1.54, 1.807) is 53.0 Å². The zero-order chi connectivity index (χ0) is 17.4. The van der Waals surface area contributed by atoms with Crippen LogP contribution in [0, 0.1) is 0 Å². The van der Waals surface area contributed by atoms with Crippen molar-refractivity contribution in [3.63, 3.8) is 0 Å². The van der Waals surface area contributed by atoms with Gasteiger partial charge >= 0.3 is 0 Å². The van der Waals surface area contributed by atoms with Crippen molar-refractivity contribution >= 4 is 34.5 Å². The van der Waals surface area contributed by atoms with Crippen LogP contribution in [0.1, 0.15) is 10.6 Å². The molecule has 0 aliphatic carbocycles. The van der Waals surface area contributed by atoms with E-state index in [1.807, 2.05) is 18.2 Å². The molecule has 3 heterocycles. The van der Waals surface area contributed by atoms with Crippen molar-refractivity contribution in [3.8, 4) is 5.69 Å². The Bertz CT molecular complexity index is 1070. The lowest BCUT2D eigenvalue weighted by atomic mass is 10.3. The molecule has 1 amide bonds. The Labute approximate surface area is 147 Å². The van der Waals surface area contributed by atoms with Gasteiger partial charge in [0.25, 0.3) is 5.91 Å². The second-order valence-electron chi connectivity index (χ2n) is 5.42. The fourth-order valence-corrected chi connectivity index (χ4v) is 2.68. The Morgan fingerprint density at radius 1 is 1.16 bits per heavy atom. The molecular formula is C17H13ClN6O. The first-order valence-corrected chi connectivity index (χ1v) is 7.90. The molecule has 3 aromatic heterocycles. The maximum atomic E-state index is 12.8. The number of nitrogens with one attached hydrogen (secondary N) is 1. The largest absolute Gasteiger partial charge is 0.302 e. The van der Waals surface area contributed by atoms with Crippen molar-refractivity contribution in [2.45, 2.75) is 0 Å². The number of aromatic nitrogens is 5. The van der Waals surface area contributed by atoms with Crippen LogP contribution >= 0.6 is 11.6 Å². The zero-order valence-corrected chi connectivity index (χ0v) is 14.0. The van der Waals surface area contributed by atoms with Gasteiger partial charge < -0.3 is 5.32 Å². The minimum atomic E-state index is -0.369. The molecule has 8 heteroatoms. The van der Waals surface area contributed by atoms with E-state index in [1.165, 1.54) is 0 Å². The van der Waals surface area contributed by atoms with Crippen molar-refractivity contribution in [1.82, 2.24) is 24.3 Å². The van der Waals surface area contributed by atoms with Crippen molar-refractivity contribution in [2.24, 2.45) is 7.05 Å². The standard InChI is InChI=1S/C17H13ClN6O/c1-23-10-8-14(22-23)21-17(25)16-20-13-3-2-9-19-15(13)24(16)12-6-4-11(18)5-7-12/h2-10H,1H3,(H,21,22,25). The van der Waals surface area contributed by atoms with Crippen LogP contribution in [0.25, 0.3) is 16.9 Å². The summed E-state index contributed by atoms with van der Waals surface area (Å²) in [6, 6.07) is 12.4. The predicted molar refractivity (Wildman–Crippen MR) is 95.0 cm³/mol. The quantitative estimate of drug-likeness (QED) is 0.614. The minimum Gasteiger partial charge on any atom is -0.302 e. The third-order valence-corrected chi connectivity index (χ3v) is 3.91. The lowest BCUT2D eigenvalue weighted by Gasteiger charge is -2.08.